The van der Waals surface area contributed by atoms with Gasteiger partial charge in [-0.1, -0.05) is 6.58 Å². The van der Waals surface area contributed by atoms with Crippen molar-refractivity contribution in [1.29, 1.82) is 0 Å². The molecule has 2 heterocycles. The molecule has 0 aliphatic carbocycles. The van der Waals surface area contributed by atoms with Gasteiger partial charge in [0.1, 0.15) is 0 Å². The molecule has 1 aliphatic rings. The largest absolute Gasteiger partial charge is 0.347 e. The van der Waals surface area contributed by atoms with Crippen molar-refractivity contribution in [1.82, 2.24) is 14.9 Å². The van der Waals surface area contributed by atoms with Crippen molar-refractivity contribution in [2.24, 2.45) is 0 Å². The summed E-state index contributed by atoms with van der Waals surface area (Å²) in [5.41, 5.74) is -1.81. The maximum absolute atomic E-state index is 14.7. The van der Waals surface area contributed by atoms with E-state index in [0.29, 0.717) is 11.6 Å². The van der Waals surface area contributed by atoms with Gasteiger partial charge in [-0.25, -0.2) is 14.4 Å². The average molecular weight is 307 g/mol. The molecule has 0 radical (unpaired) electrons. The topological polar surface area (TPSA) is 78.4 Å². The lowest BCUT2D eigenvalue weighted by atomic mass is 10.0. The fourth-order valence-electron chi connectivity index (χ4n) is 2.14. The first-order valence-corrected chi connectivity index (χ1v) is 6.77. The van der Waals surface area contributed by atoms with Crippen LogP contribution < -0.4 is 10.2 Å². The number of amides is 2. The van der Waals surface area contributed by atoms with E-state index in [1.54, 1.807) is 19.0 Å². The van der Waals surface area contributed by atoms with Gasteiger partial charge in [0, 0.05) is 27.1 Å². The van der Waals surface area contributed by atoms with Crippen molar-refractivity contribution in [3.63, 3.8) is 0 Å². The Balaban J connectivity index is 2.02. The third-order valence-electron chi connectivity index (χ3n) is 3.41. The van der Waals surface area contributed by atoms with Crippen molar-refractivity contribution >= 4 is 23.5 Å². The van der Waals surface area contributed by atoms with Gasteiger partial charge in [0.05, 0.1) is 24.6 Å². The lowest BCUT2D eigenvalue weighted by Crippen LogP contribution is -2.42. The molecule has 1 aromatic rings. The van der Waals surface area contributed by atoms with Crippen molar-refractivity contribution < 1.29 is 14.0 Å². The van der Waals surface area contributed by atoms with E-state index in [4.69, 9.17) is 0 Å². The van der Waals surface area contributed by atoms with Gasteiger partial charge in [0.15, 0.2) is 0 Å². The lowest BCUT2D eigenvalue weighted by molar-refractivity contribution is -0.129. The molecule has 1 N–H and O–H groups in total. The zero-order valence-electron chi connectivity index (χ0n) is 12.5. The Labute approximate surface area is 127 Å². The molecule has 8 heteroatoms. The van der Waals surface area contributed by atoms with Crippen LogP contribution in [0.1, 0.15) is 6.42 Å². The van der Waals surface area contributed by atoms with Gasteiger partial charge in [-0.2, -0.15) is 0 Å². The molecule has 1 aromatic heterocycles. The summed E-state index contributed by atoms with van der Waals surface area (Å²) in [5.74, 6) is -0.698. The highest BCUT2D eigenvalue weighted by atomic mass is 19.1. The van der Waals surface area contributed by atoms with E-state index in [-0.39, 0.29) is 25.4 Å². The van der Waals surface area contributed by atoms with Crippen LogP contribution in [-0.4, -0.2) is 59.5 Å². The molecule has 1 fully saturated rings. The molecule has 0 saturated carbocycles. The smallest absolute Gasteiger partial charge is 0.264 e. The number of carbonyl (C=O) groups excluding carboxylic acids is 2. The number of hydrogen-bond donors (Lipinski definition) is 1. The first kappa shape index (κ1) is 15.9. The Kier molecular flexibility index (Phi) is 4.39. The number of nitrogens with one attached hydrogen (secondary N) is 1. The van der Waals surface area contributed by atoms with E-state index in [1.807, 2.05) is 0 Å². The minimum atomic E-state index is -2.11. The zero-order chi connectivity index (χ0) is 16.3. The molecule has 118 valence electrons. The van der Waals surface area contributed by atoms with Crippen LogP contribution in [0.2, 0.25) is 0 Å². The van der Waals surface area contributed by atoms with Crippen LogP contribution >= 0.6 is 0 Å². The molecular formula is C14H18FN5O2. The zero-order valence-corrected chi connectivity index (χ0v) is 12.5. The van der Waals surface area contributed by atoms with E-state index >= 15 is 0 Å². The quantitative estimate of drug-likeness (QED) is 0.825. The minimum absolute atomic E-state index is 0.0466. The fourth-order valence-corrected chi connectivity index (χ4v) is 2.14. The number of rotatable bonds is 4. The van der Waals surface area contributed by atoms with Gasteiger partial charge < -0.3 is 15.1 Å². The van der Waals surface area contributed by atoms with Crippen LogP contribution in [0.15, 0.2) is 25.0 Å². The summed E-state index contributed by atoms with van der Waals surface area (Å²) < 4.78 is 14.7. The summed E-state index contributed by atoms with van der Waals surface area (Å²) in [5, 5.41) is 2.45. The molecule has 2 rings (SSSR count). The van der Waals surface area contributed by atoms with Gasteiger partial charge in [-0.05, 0) is 6.08 Å². The fraction of sp³-hybridized carbons (Fsp3) is 0.429. The molecular weight excluding hydrogens is 289 g/mol. The van der Waals surface area contributed by atoms with E-state index in [1.165, 1.54) is 17.3 Å². The van der Waals surface area contributed by atoms with E-state index in [9.17, 15) is 14.0 Å². The van der Waals surface area contributed by atoms with Crippen molar-refractivity contribution in [3.8, 4) is 0 Å². The van der Waals surface area contributed by atoms with Crippen LogP contribution in [0.25, 0.3) is 0 Å². The maximum Gasteiger partial charge on any atom is 0.264 e. The maximum atomic E-state index is 14.7. The number of aromatic nitrogens is 2. The van der Waals surface area contributed by atoms with Gasteiger partial charge in [-0.3, -0.25) is 9.59 Å². The number of carbonyl (C=O) groups is 2. The van der Waals surface area contributed by atoms with Crippen LogP contribution in [0.5, 0.6) is 0 Å². The van der Waals surface area contributed by atoms with Gasteiger partial charge in [-0.15, -0.1) is 0 Å². The first-order chi connectivity index (χ1) is 10.4. The van der Waals surface area contributed by atoms with Crippen LogP contribution in [0.3, 0.4) is 0 Å². The Morgan fingerprint density at radius 3 is 2.64 bits per heavy atom. The molecule has 7 nitrogen and oxygen atoms in total. The molecule has 22 heavy (non-hydrogen) atoms. The molecule has 0 bridgehead atoms. The SMILES string of the molecule is C=CC(=O)N1CCC(F)(C(=O)Nc2cnc(N(C)C)nc2)C1. The monoisotopic (exact) mass is 307 g/mol. The number of alkyl halides is 1. The minimum Gasteiger partial charge on any atom is -0.347 e. The van der Waals surface area contributed by atoms with Gasteiger partial charge in [0.25, 0.3) is 5.91 Å². The first-order valence-electron chi connectivity index (χ1n) is 6.77. The second kappa shape index (κ2) is 6.08. The number of anilines is 2. The highest BCUT2D eigenvalue weighted by Gasteiger charge is 2.46. The van der Waals surface area contributed by atoms with E-state index < -0.39 is 11.6 Å². The molecule has 1 unspecified atom stereocenters. The number of likely N-dealkylation sites (tertiary alicyclic amines) is 1. The normalized spacial score (nSPS) is 20.6. The predicted molar refractivity (Wildman–Crippen MR) is 80.2 cm³/mol. The highest BCUT2D eigenvalue weighted by molar-refractivity contribution is 5.98. The average Bonchev–Trinajstić information content (AvgIpc) is 2.91. The number of halogens is 1. The Morgan fingerprint density at radius 2 is 2.09 bits per heavy atom. The highest BCUT2D eigenvalue weighted by Crippen LogP contribution is 2.27. The second-order valence-electron chi connectivity index (χ2n) is 5.30. The van der Waals surface area contributed by atoms with Gasteiger partial charge >= 0.3 is 0 Å². The lowest BCUT2D eigenvalue weighted by Gasteiger charge is -2.19. The van der Waals surface area contributed by atoms with E-state index in [0.717, 1.165) is 6.08 Å². The van der Waals surface area contributed by atoms with Crippen molar-refractivity contribution in [3.05, 3.63) is 25.0 Å². The standard InChI is InChI=1S/C14H18FN5O2/c1-4-11(21)20-6-5-14(15,9-20)12(22)18-10-7-16-13(17-8-10)19(2)3/h4,7-8H,1,5-6,9H2,2-3H3,(H,18,22). The summed E-state index contributed by atoms with van der Waals surface area (Å²) in [4.78, 5) is 34.6. The number of hydrogen-bond acceptors (Lipinski definition) is 5. The summed E-state index contributed by atoms with van der Waals surface area (Å²) in [6, 6.07) is 0. The predicted octanol–water partition coefficient (Wildman–Crippen LogP) is 0.608. The second-order valence-corrected chi connectivity index (χ2v) is 5.30. The van der Waals surface area contributed by atoms with Crippen LogP contribution in [0.4, 0.5) is 16.0 Å². The third kappa shape index (κ3) is 3.21. The summed E-state index contributed by atoms with van der Waals surface area (Å²) >= 11 is 0. The molecule has 1 aliphatic heterocycles. The van der Waals surface area contributed by atoms with Gasteiger partial charge in [0.2, 0.25) is 17.5 Å². The van der Waals surface area contributed by atoms with Crippen LogP contribution in [0, 0.1) is 0 Å². The summed E-state index contributed by atoms with van der Waals surface area (Å²) in [6.07, 6.45) is 3.88. The number of nitrogens with zero attached hydrogens (tertiary/aromatic N) is 4. The van der Waals surface area contributed by atoms with E-state index in [2.05, 4.69) is 21.9 Å². The van der Waals surface area contributed by atoms with Crippen LogP contribution in [-0.2, 0) is 9.59 Å². The van der Waals surface area contributed by atoms with Crippen molar-refractivity contribution in [2.75, 3.05) is 37.4 Å². The summed E-state index contributed by atoms with van der Waals surface area (Å²) in [6.45, 7) is 3.26. The molecule has 1 atom stereocenters. The third-order valence-corrected chi connectivity index (χ3v) is 3.41. The Morgan fingerprint density at radius 1 is 1.45 bits per heavy atom. The Bertz CT molecular complexity index is 589. The summed E-state index contributed by atoms with van der Waals surface area (Å²) in [7, 11) is 3.57. The molecule has 0 spiro atoms. The van der Waals surface area contributed by atoms with Crippen molar-refractivity contribution in [2.45, 2.75) is 12.1 Å². The molecule has 2 amide bonds. The molecule has 0 aromatic carbocycles. The Hall–Kier alpha value is -2.51. The molecule has 1 saturated heterocycles.